The number of aliphatic hydroxyl groups excluding tert-OH is 1. The molecule has 0 saturated heterocycles. The van der Waals surface area contributed by atoms with E-state index in [1.807, 2.05) is 0 Å². The number of carbonyl (C=O) groups excluding carboxylic acids is 1. The highest BCUT2D eigenvalue weighted by atomic mass is 19.1. The Kier molecular flexibility index (Phi) is 4.63. The number of phenolic OH excluding ortho intramolecular Hbond substituents is 1. The number of aliphatic hydroxyl groups is 1. The fourth-order valence-corrected chi connectivity index (χ4v) is 2.72. The third-order valence-corrected chi connectivity index (χ3v) is 3.99. The van der Waals surface area contributed by atoms with Crippen molar-refractivity contribution in [2.75, 3.05) is 7.11 Å². The van der Waals surface area contributed by atoms with E-state index < -0.39 is 5.97 Å². The molecule has 128 valence electrons. The van der Waals surface area contributed by atoms with Crippen molar-refractivity contribution in [2.45, 2.75) is 13.0 Å². The molecule has 2 N–H and O–H groups in total. The Hall–Kier alpha value is -2.99. The summed E-state index contributed by atoms with van der Waals surface area (Å²) in [5.41, 5.74) is 2.37. The molecule has 5 nitrogen and oxygen atoms in total. The van der Waals surface area contributed by atoms with Crippen LogP contribution >= 0.6 is 0 Å². The minimum Gasteiger partial charge on any atom is -0.505 e. The van der Waals surface area contributed by atoms with Crippen LogP contribution in [0.5, 0.6) is 5.75 Å². The van der Waals surface area contributed by atoms with Crippen LogP contribution in [0.15, 0.2) is 42.6 Å². The van der Waals surface area contributed by atoms with E-state index in [1.54, 1.807) is 24.4 Å². The van der Waals surface area contributed by atoms with Gasteiger partial charge in [-0.1, -0.05) is 12.1 Å². The van der Waals surface area contributed by atoms with Crippen LogP contribution in [-0.4, -0.2) is 28.3 Å². The number of ether oxygens (including phenoxy) is 1. The molecule has 0 spiro atoms. The summed E-state index contributed by atoms with van der Waals surface area (Å²) in [5.74, 6) is -1.29. The summed E-state index contributed by atoms with van der Waals surface area (Å²) in [6.07, 6.45) is 2.10. The van der Waals surface area contributed by atoms with E-state index >= 15 is 0 Å². The average Bonchev–Trinajstić information content (AvgIpc) is 2.63. The molecule has 0 atom stereocenters. The molecule has 3 rings (SSSR count). The molecule has 1 heterocycles. The molecule has 0 aliphatic heterocycles. The number of carbonyl (C=O) groups is 1. The lowest BCUT2D eigenvalue weighted by Gasteiger charge is -2.11. The Morgan fingerprint density at radius 1 is 1.20 bits per heavy atom. The van der Waals surface area contributed by atoms with Crippen LogP contribution in [0, 0.1) is 5.82 Å². The summed E-state index contributed by atoms with van der Waals surface area (Å²) in [6.45, 7) is -0.317. The van der Waals surface area contributed by atoms with Gasteiger partial charge in [0, 0.05) is 11.6 Å². The number of phenols is 1. The van der Waals surface area contributed by atoms with Gasteiger partial charge in [0.25, 0.3) is 0 Å². The zero-order valence-electron chi connectivity index (χ0n) is 13.5. The molecule has 25 heavy (non-hydrogen) atoms. The molecule has 1 aromatic heterocycles. The summed E-state index contributed by atoms with van der Waals surface area (Å²) in [4.78, 5) is 16.0. The monoisotopic (exact) mass is 341 g/mol. The normalized spacial score (nSPS) is 10.8. The first-order valence-corrected chi connectivity index (χ1v) is 7.60. The zero-order valence-corrected chi connectivity index (χ0v) is 13.5. The summed E-state index contributed by atoms with van der Waals surface area (Å²) in [7, 11) is 1.21. The number of nitrogens with zero attached hydrogens (tertiary/aromatic N) is 1. The summed E-state index contributed by atoms with van der Waals surface area (Å²) in [5, 5.41) is 20.5. The highest BCUT2D eigenvalue weighted by molar-refractivity contribution is 6.01. The Morgan fingerprint density at radius 3 is 2.56 bits per heavy atom. The fourth-order valence-electron chi connectivity index (χ4n) is 2.72. The SMILES string of the molecule is COC(=O)c1cc(CO)c2cc(Cc3ccc(F)cc3)cnc2c1O. The lowest BCUT2D eigenvalue weighted by atomic mass is 9.99. The van der Waals surface area contributed by atoms with Gasteiger partial charge in [-0.05, 0) is 47.4 Å². The van der Waals surface area contributed by atoms with E-state index in [0.717, 1.165) is 11.1 Å². The predicted octanol–water partition coefficient (Wildman–Crippen LogP) is 2.95. The number of esters is 1. The molecule has 0 bridgehead atoms. The first kappa shape index (κ1) is 16.9. The fraction of sp³-hybridized carbons (Fsp3) is 0.158. The number of halogens is 1. The number of aromatic hydroxyl groups is 1. The average molecular weight is 341 g/mol. The number of hydrogen-bond donors (Lipinski definition) is 2. The van der Waals surface area contributed by atoms with Crippen molar-refractivity contribution in [3.8, 4) is 5.75 Å². The maximum absolute atomic E-state index is 13.0. The smallest absolute Gasteiger partial charge is 0.341 e. The number of rotatable bonds is 4. The van der Waals surface area contributed by atoms with Gasteiger partial charge < -0.3 is 14.9 Å². The van der Waals surface area contributed by atoms with Gasteiger partial charge in [-0.2, -0.15) is 0 Å². The summed E-state index contributed by atoms with van der Waals surface area (Å²) in [6, 6.07) is 9.33. The second-order valence-corrected chi connectivity index (χ2v) is 5.62. The van der Waals surface area contributed by atoms with Crippen LogP contribution in [-0.2, 0) is 17.8 Å². The van der Waals surface area contributed by atoms with E-state index in [-0.39, 0.29) is 29.3 Å². The highest BCUT2D eigenvalue weighted by Crippen LogP contribution is 2.31. The van der Waals surface area contributed by atoms with E-state index in [1.165, 1.54) is 25.3 Å². The Labute approximate surface area is 143 Å². The Bertz CT molecular complexity index is 938. The molecule has 0 fully saturated rings. The number of pyridine rings is 1. The molecule has 6 heteroatoms. The van der Waals surface area contributed by atoms with E-state index in [4.69, 9.17) is 0 Å². The zero-order chi connectivity index (χ0) is 18.0. The van der Waals surface area contributed by atoms with Gasteiger partial charge in [0.15, 0.2) is 5.75 Å². The van der Waals surface area contributed by atoms with Crippen molar-refractivity contribution < 1.29 is 24.1 Å². The van der Waals surface area contributed by atoms with E-state index in [0.29, 0.717) is 17.4 Å². The first-order valence-electron chi connectivity index (χ1n) is 7.60. The maximum Gasteiger partial charge on any atom is 0.341 e. The van der Waals surface area contributed by atoms with Crippen molar-refractivity contribution in [1.82, 2.24) is 4.98 Å². The van der Waals surface area contributed by atoms with Gasteiger partial charge in [-0.25, -0.2) is 9.18 Å². The largest absolute Gasteiger partial charge is 0.505 e. The number of hydrogen-bond acceptors (Lipinski definition) is 5. The Morgan fingerprint density at radius 2 is 1.92 bits per heavy atom. The first-order chi connectivity index (χ1) is 12.0. The van der Waals surface area contributed by atoms with Crippen molar-refractivity contribution in [3.63, 3.8) is 0 Å². The third kappa shape index (κ3) is 3.29. The topological polar surface area (TPSA) is 79.7 Å². The van der Waals surface area contributed by atoms with Crippen molar-refractivity contribution in [1.29, 1.82) is 0 Å². The molecule has 0 radical (unpaired) electrons. The summed E-state index contributed by atoms with van der Waals surface area (Å²) >= 11 is 0. The van der Waals surface area contributed by atoms with Crippen LogP contribution in [0.1, 0.15) is 27.0 Å². The van der Waals surface area contributed by atoms with Gasteiger partial charge in [0.2, 0.25) is 0 Å². The lowest BCUT2D eigenvalue weighted by Crippen LogP contribution is -2.04. The maximum atomic E-state index is 13.0. The molecule has 0 aliphatic rings. The minimum atomic E-state index is -0.703. The van der Waals surface area contributed by atoms with Gasteiger partial charge in [0.05, 0.1) is 13.7 Å². The number of fused-ring (bicyclic) bond motifs is 1. The van der Waals surface area contributed by atoms with Crippen molar-refractivity contribution in [2.24, 2.45) is 0 Å². The Balaban J connectivity index is 2.07. The molecule has 2 aromatic carbocycles. The van der Waals surface area contributed by atoms with Crippen LogP contribution in [0.3, 0.4) is 0 Å². The highest BCUT2D eigenvalue weighted by Gasteiger charge is 2.18. The van der Waals surface area contributed by atoms with Crippen LogP contribution in [0.25, 0.3) is 10.9 Å². The number of methoxy groups -OCH3 is 1. The van der Waals surface area contributed by atoms with Gasteiger partial charge in [0.1, 0.15) is 16.9 Å². The van der Waals surface area contributed by atoms with Gasteiger partial charge in [-0.15, -0.1) is 0 Å². The van der Waals surface area contributed by atoms with Crippen LogP contribution in [0.2, 0.25) is 0 Å². The third-order valence-electron chi connectivity index (χ3n) is 3.99. The molecule has 0 amide bonds. The molecule has 3 aromatic rings. The number of aromatic nitrogens is 1. The predicted molar refractivity (Wildman–Crippen MR) is 89.9 cm³/mol. The second-order valence-electron chi connectivity index (χ2n) is 5.62. The lowest BCUT2D eigenvalue weighted by molar-refractivity contribution is 0.0597. The number of benzene rings is 2. The molecule has 0 aliphatic carbocycles. The van der Waals surface area contributed by atoms with Crippen molar-refractivity contribution >= 4 is 16.9 Å². The van der Waals surface area contributed by atoms with Gasteiger partial charge in [-0.3, -0.25) is 4.98 Å². The van der Waals surface area contributed by atoms with E-state index in [9.17, 15) is 19.4 Å². The molecular formula is C19H16FNO4. The van der Waals surface area contributed by atoms with Gasteiger partial charge >= 0.3 is 5.97 Å². The second kappa shape index (κ2) is 6.86. The minimum absolute atomic E-state index is 0.0437. The molecule has 0 saturated carbocycles. The molecular weight excluding hydrogens is 325 g/mol. The van der Waals surface area contributed by atoms with E-state index in [2.05, 4.69) is 9.72 Å². The summed E-state index contributed by atoms with van der Waals surface area (Å²) < 4.78 is 17.6. The quantitative estimate of drug-likeness (QED) is 0.713. The van der Waals surface area contributed by atoms with Crippen LogP contribution in [0.4, 0.5) is 4.39 Å². The van der Waals surface area contributed by atoms with Crippen LogP contribution < -0.4 is 0 Å². The van der Waals surface area contributed by atoms with Crippen molar-refractivity contribution in [3.05, 3.63) is 70.7 Å². The standard InChI is InChI=1S/C19H16FNO4/c1-25-19(24)16-8-13(10-22)15-7-12(9-21-17(15)18(16)23)6-11-2-4-14(20)5-3-11/h2-5,7-9,22-23H,6,10H2,1H3. The molecule has 0 unspecified atom stereocenters.